The molecule has 5 heteroatoms. The van der Waals surface area contributed by atoms with E-state index in [0.29, 0.717) is 5.92 Å². The van der Waals surface area contributed by atoms with Crippen LogP contribution in [0.3, 0.4) is 0 Å². The van der Waals surface area contributed by atoms with Crippen LogP contribution in [0.15, 0.2) is 40.3 Å². The van der Waals surface area contributed by atoms with Crippen LogP contribution in [0, 0.1) is 19.8 Å². The molecule has 0 atom stereocenters. The van der Waals surface area contributed by atoms with Crippen LogP contribution in [0.5, 0.6) is 0 Å². The van der Waals surface area contributed by atoms with Crippen molar-refractivity contribution in [3.63, 3.8) is 0 Å². The van der Waals surface area contributed by atoms with Crippen molar-refractivity contribution >= 4 is 33.3 Å². The number of aromatic nitrogens is 2. The smallest absolute Gasteiger partial charge is 0.267 e. The van der Waals surface area contributed by atoms with E-state index in [9.17, 15) is 4.79 Å². The number of fused-ring (bicyclic) bond motifs is 1. The molecule has 0 N–H and O–H groups in total. The van der Waals surface area contributed by atoms with E-state index in [-0.39, 0.29) is 5.56 Å². The van der Waals surface area contributed by atoms with Gasteiger partial charge in [-0.05, 0) is 43.9 Å². The van der Waals surface area contributed by atoms with Crippen molar-refractivity contribution in [2.24, 2.45) is 5.92 Å². The number of para-hydroxylation sites is 1. The minimum Gasteiger partial charge on any atom is -0.268 e. The summed E-state index contributed by atoms with van der Waals surface area (Å²) < 4.78 is 1.77. The van der Waals surface area contributed by atoms with Crippen LogP contribution in [0.2, 0.25) is 0 Å². The minimum atomic E-state index is 0.0418. The van der Waals surface area contributed by atoms with Gasteiger partial charge in [-0.2, -0.15) is 0 Å². The van der Waals surface area contributed by atoms with Crippen LogP contribution in [-0.2, 0) is 0 Å². The zero-order valence-corrected chi connectivity index (χ0v) is 16.1. The molecule has 0 radical (unpaired) electrons. The molecule has 0 amide bonds. The molecule has 3 nitrogen and oxygen atoms in total. The molecule has 0 aliphatic rings. The van der Waals surface area contributed by atoms with Crippen LogP contribution in [0.25, 0.3) is 15.9 Å². The summed E-state index contributed by atoms with van der Waals surface area (Å²) in [5.74, 6) is 1.61. The van der Waals surface area contributed by atoms with E-state index >= 15 is 0 Å². The third-order valence-electron chi connectivity index (χ3n) is 4.11. The van der Waals surface area contributed by atoms with Crippen molar-refractivity contribution in [2.45, 2.75) is 39.3 Å². The molecule has 0 spiro atoms. The highest BCUT2D eigenvalue weighted by Crippen LogP contribution is 2.30. The average molecular weight is 359 g/mol. The number of nitrogens with zero attached hydrogens (tertiary/aromatic N) is 2. The number of hydrogen-bond donors (Lipinski definition) is 0. The summed E-state index contributed by atoms with van der Waals surface area (Å²) in [6, 6.07) is 9.82. The molecule has 0 aliphatic carbocycles. The second-order valence-electron chi connectivity index (χ2n) is 6.36. The molecule has 24 heavy (non-hydrogen) atoms. The molecule has 2 aromatic heterocycles. The Morgan fingerprint density at radius 1 is 1.21 bits per heavy atom. The fraction of sp³-hybridized carbons (Fsp3) is 0.368. The molecule has 3 aromatic rings. The zero-order valence-electron chi connectivity index (χ0n) is 14.5. The van der Waals surface area contributed by atoms with Gasteiger partial charge in [0.2, 0.25) is 0 Å². The van der Waals surface area contributed by atoms with E-state index in [2.05, 4.69) is 20.8 Å². The Bertz CT molecular complexity index is 911. The van der Waals surface area contributed by atoms with Crippen LogP contribution in [0.4, 0.5) is 0 Å². The van der Waals surface area contributed by atoms with Gasteiger partial charge in [0.05, 0.1) is 11.1 Å². The quantitative estimate of drug-likeness (QED) is 0.464. The molecule has 2 heterocycles. The van der Waals surface area contributed by atoms with Gasteiger partial charge in [-0.1, -0.05) is 43.8 Å². The second kappa shape index (κ2) is 7.11. The number of thioether (sulfide) groups is 1. The maximum absolute atomic E-state index is 13.2. The van der Waals surface area contributed by atoms with Crippen molar-refractivity contribution < 1.29 is 0 Å². The van der Waals surface area contributed by atoms with Gasteiger partial charge in [-0.25, -0.2) is 4.98 Å². The largest absolute Gasteiger partial charge is 0.268 e. The second-order valence-corrected chi connectivity index (χ2v) is 8.63. The first kappa shape index (κ1) is 17.2. The van der Waals surface area contributed by atoms with Gasteiger partial charge in [0, 0.05) is 10.6 Å². The van der Waals surface area contributed by atoms with E-state index < -0.39 is 0 Å². The van der Waals surface area contributed by atoms with Crippen molar-refractivity contribution in [2.75, 3.05) is 5.75 Å². The molecule has 126 valence electrons. The standard InChI is InChI=1S/C19H22N2OS2/c1-12(2)10-11-23-19-20-17-16(13(3)14(4)24-17)18(22)21(19)15-8-6-5-7-9-15/h5-9,12H,10-11H2,1-4H3. The van der Waals surface area contributed by atoms with Crippen molar-refractivity contribution in [1.29, 1.82) is 0 Å². The molecule has 0 saturated heterocycles. The highest BCUT2D eigenvalue weighted by atomic mass is 32.2. The zero-order chi connectivity index (χ0) is 17.3. The number of rotatable bonds is 5. The molecular formula is C19H22N2OS2. The lowest BCUT2D eigenvalue weighted by Gasteiger charge is -2.12. The minimum absolute atomic E-state index is 0.0418. The lowest BCUT2D eigenvalue weighted by molar-refractivity contribution is 0.631. The third kappa shape index (κ3) is 3.28. The topological polar surface area (TPSA) is 34.9 Å². The van der Waals surface area contributed by atoms with E-state index in [4.69, 9.17) is 4.98 Å². The van der Waals surface area contributed by atoms with Gasteiger partial charge < -0.3 is 0 Å². The Hall–Kier alpha value is -1.59. The van der Waals surface area contributed by atoms with Gasteiger partial charge >= 0.3 is 0 Å². The van der Waals surface area contributed by atoms with Crippen LogP contribution >= 0.6 is 23.1 Å². The number of hydrogen-bond acceptors (Lipinski definition) is 4. The number of thiophene rings is 1. The Morgan fingerprint density at radius 2 is 1.92 bits per heavy atom. The molecule has 0 fully saturated rings. The maximum atomic E-state index is 13.2. The lowest BCUT2D eigenvalue weighted by Crippen LogP contribution is -2.21. The van der Waals surface area contributed by atoms with Crippen LogP contribution < -0.4 is 5.56 Å². The summed E-state index contributed by atoms with van der Waals surface area (Å²) >= 11 is 3.29. The average Bonchev–Trinajstić information content (AvgIpc) is 2.83. The first-order chi connectivity index (χ1) is 11.5. The van der Waals surface area contributed by atoms with Crippen molar-refractivity contribution in [3.05, 3.63) is 51.1 Å². The summed E-state index contributed by atoms with van der Waals surface area (Å²) in [4.78, 5) is 20.1. The first-order valence-corrected chi connectivity index (χ1v) is 10.00. The van der Waals surface area contributed by atoms with Crippen LogP contribution in [-0.4, -0.2) is 15.3 Å². The van der Waals surface area contributed by atoms with Crippen molar-refractivity contribution in [3.8, 4) is 5.69 Å². The molecule has 0 unspecified atom stereocenters. The predicted octanol–water partition coefficient (Wildman–Crippen LogP) is 5.20. The van der Waals surface area contributed by atoms with Crippen molar-refractivity contribution in [1.82, 2.24) is 9.55 Å². The Labute approximate surface area is 150 Å². The third-order valence-corrected chi connectivity index (χ3v) is 6.19. The SMILES string of the molecule is Cc1sc2nc(SCCC(C)C)n(-c3ccccc3)c(=O)c2c1C. The number of benzene rings is 1. The van der Waals surface area contributed by atoms with Gasteiger partial charge in [0.25, 0.3) is 5.56 Å². The molecule has 0 saturated carbocycles. The molecule has 3 rings (SSSR count). The van der Waals surface area contributed by atoms with E-state index in [0.717, 1.165) is 38.8 Å². The Morgan fingerprint density at radius 3 is 2.58 bits per heavy atom. The maximum Gasteiger partial charge on any atom is 0.267 e. The van der Waals surface area contributed by atoms with E-state index in [1.807, 2.05) is 37.3 Å². The summed E-state index contributed by atoms with van der Waals surface area (Å²) in [6.45, 7) is 8.50. The predicted molar refractivity (Wildman–Crippen MR) is 105 cm³/mol. The Balaban J connectivity index is 2.19. The first-order valence-electron chi connectivity index (χ1n) is 8.20. The van der Waals surface area contributed by atoms with Gasteiger partial charge in [-0.15, -0.1) is 11.3 Å². The highest BCUT2D eigenvalue weighted by Gasteiger charge is 2.17. The van der Waals surface area contributed by atoms with E-state index in [1.165, 1.54) is 4.88 Å². The summed E-state index contributed by atoms with van der Waals surface area (Å²) in [5.41, 5.74) is 1.98. The van der Waals surface area contributed by atoms with Crippen LogP contribution in [0.1, 0.15) is 30.7 Å². The molecular weight excluding hydrogens is 336 g/mol. The Kier molecular flexibility index (Phi) is 5.11. The monoisotopic (exact) mass is 358 g/mol. The molecule has 0 bridgehead atoms. The lowest BCUT2D eigenvalue weighted by atomic mass is 10.2. The number of aryl methyl sites for hydroxylation is 2. The summed E-state index contributed by atoms with van der Waals surface area (Å²) in [6.07, 6.45) is 1.11. The van der Waals surface area contributed by atoms with Gasteiger partial charge in [0.1, 0.15) is 4.83 Å². The molecule has 1 aromatic carbocycles. The fourth-order valence-electron chi connectivity index (χ4n) is 2.56. The van der Waals surface area contributed by atoms with Gasteiger partial charge in [0.15, 0.2) is 5.16 Å². The molecule has 0 aliphatic heterocycles. The van der Waals surface area contributed by atoms with E-state index in [1.54, 1.807) is 27.7 Å². The normalized spacial score (nSPS) is 11.5. The highest BCUT2D eigenvalue weighted by molar-refractivity contribution is 7.99. The fourth-order valence-corrected chi connectivity index (χ4v) is 4.89. The summed E-state index contributed by atoms with van der Waals surface area (Å²) in [5, 5.41) is 1.55. The van der Waals surface area contributed by atoms with Gasteiger partial charge in [-0.3, -0.25) is 9.36 Å². The summed E-state index contributed by atoms with van der Waals surface area (Å²) in [7, 11) is 0.